The van der Waals surface area contributed by atoms with Crippen molar-refractivity contribution < 1.29 is 23.8 Å². The number of hydrogen-bond acceptors (Lipinski definition) is 9. The first-order valence-electron chi connectivity index (χ1n) is 11.0. The van der Waals surface area contributed by atoms with E-state index < -0.39 is 18.0 Å². The van der Waals surface area contributed by atoms with Crippen LogP contribution >= 0.6 is 22.7 Å². The number of hydrogen-bond donors (Lipinski definition) is 0. The molecular weight excluding hydrogens is 488 g/mol. The minimum Gasteiger partial charge on any atom is -0.490 e. The van der Waals surface area contributed by atoms with Crippen LogP contribution in [0.4, 0.5) is 0 Å². The van der Waals surface area contributed by atoms with E-state index in [1.165, 1.54) is 29.6 Å². The molecule has 0 aliphatic carbocycles. The van der Waals surface area contributed by atoms with Gasteiger partial charge in [0.25, 0.3) is 5.56 Å². The van der Waals surface area contributed by atoms with Crippen molar-refractivity contribution in [2.75, 3.05) is 13.2 Å². The Bertz CT molecular complexity index is 1480. The molecule has 1 aliphatic heterocycles. The molecule has 0 amide bonds. The van der Waals surface area contributed by atoms with Crippen LogP contribution in [0.3, 0.4) is 0 Å². The van der Waals surface area contributed by atoms with Crippen molar-refractivity contribution in [3.63, 3.8) is 0 Å². The van der Waals surface area contributed by atoms with Crippen LogP contribution < -0.4 is 24.4 Å². The monoisotopic (exact) mass is 512 g/mol. The summed E-state index contributed by atoms with van der Waals surface area (Å²) in [6.45, 7) is 7.26. The molecule has 4 rings (SSSR count). The van der Waals surface area contributed by atoms with Crippen LogP contribution in [0.5, 0.6) is 11.5 Å². The molecule has 3 aromatic rings. The molecule has 0 radical (unpaired) electrons. The summed E-state index contributed by atoms with van der Waals surface area (Å²) in [6, 6.07) is 8.25. The molecule has 0 saturated heterocycles. The molecule has 1 atom stereocenters. The molecule has 0 saturated carbocycles. The average molecular weight is 513 g/mol. The highest BCUT2D eigenvalue weighted by Gasteiger charge is 2.33. The maximum absolute atomic E-state index is 13.6. The third kappa shape index (κ3) is 4.98. The number of thiophene rings is 1. The zero-order chi connectivity index (χ0) is 25.1. The summed E-state index contributed by atoms with van der Waals surface area (Å²) in [4.78, 5) is 43.7. The van der Waals surface area contributed by atoms with Gasteiger partial charge in [-0.25, -0.2) is 9.79 Å². The highest BCUT2D eigenvalue weighted by atomic mass is 32.1. The normalized spacial score (nSPS) is 15.4. The molecule has 35 heavy (non-hydrogen) atoms. The van der Waals surface area contributed by atoms with E-state index in [4.69, 9.17) is 14.2 Å². The van der Waals surface area contributed by atoms with Gasteiger partial charge in [0.05, 0.1) is 29.0 Å². The fourth-order valence-electron chi connectivity index (χ4n) is 3.78. The molecule has 1 aliphatic rings. The van der Waals surface area contributed by atoms with E-state index in [0.29, 0.717) is 44.3 Å². The quantitative estimate of drug-likeness (QED) is 0.356. The number of aromatic nitrogens is 1. The predicted molar refractivity (Wildman–Crippen MR) is 134 cm³/mol. The van der Waals surface area contributed by atoms with Gasteiger partial charge in [-0.1, -0.05) is 23.5 Å². The molecule has 0 bridgehead atoms. The summed E-state index contributed by atoms with van der Waals surface area (Å²) in [5.41, 5.74) is 1.32. The second kappa shape index (κ2) is 10.4. The number of benzene rings is 1. The van der Waals surface area contributed by atoms with Crippen molar-refractivity contribution in [3.05, 3.63) is 77.1 Å². The summed E-state index contributed by atoms with van der Waals surface area (Å²) < 4.78 is 18.1. The van der Waals surface area contributed by atoms with Crippen molar-refractivity contribution in [1.82, 2.24) is 4.57 Å². The highest BCUT2D eigenvalue weighted by Crippen LogP contribution is 2.33. The van der Waals surface area contributed by atoms with Gasteiger partial charge in [-0.3, -0.25) is 14.2 Å². The molecule has 8 nitrogen and oxygen atoms in total. The zero-order valence-corrected chi connectivity index (χ0v) is 21.3. The minimum atomic E-state index is -0.613. The molecule has 3 heterocycles. The lowest BCUT2D eigenvalue weighted by Crippen LogP contribution is -2.39. The van der Waals surface area contributed by atoms with Gasteiger partial charge in [0.15, 0.2) is 16.3 Å². The van der Waals surface area contributed by atoms with Gasteiger partial charge in [0.1, 0.15) is 6.04 Å². The summed E-state index contributed by atoms with van der Waals surface area (Å²) >= 11 is 2.71. The summed E-state index contributed by atoms with van der Waals surface area (Å²) in [5.74, 6) is -0.219. The van der Waals surface area contributed by atoms with Gasteiger partial charge >= 0.3 is 11.9 Å². The SMILES string of the molecule is CCOC(=O)C1=C(C)N=c2s/c(=C\c3ccc(OC(C)=O)c(OCC)c3)c(=O)n2[C@@H]1c1cccs1. The number of carbonyl (C=O) groups is 2. The smallest absolute Gasteiger partial charge is 0.338 e. The van der Waals surface area contributed by atoms with Crippen LogP contribution in [0, 0.1) is 0 Å². The summed E-state index contributed by atoms with van der Waals surface area (Å²) in [7, 11) is 0. The van der Waals surface area contributed by atoms with Crippen molar-refractivity contribution in [1.29, 1.82) is 0 Å². The van der Waals surface area contributed by atoms with E-state index in [0.717, 1.165) is 4.88 Å². The van der Waals surface area contributed by atoms with E-state index >= 15 is 0 Å². The standard InChI is InChI=1S/C25H24N2O6S2/c1-5-31-18-12-16(9-10-17(18)33-15(4)28)13-20-23(29)27-22(19-8-7-11-34-19)21(24(30)32-6-2)14(3)26-25(27)35-20/h7-13,22H,5-6H2,1-4H3/b20-13-/t22-/m1/s1. The number of nitrogens with zero attached hydrogens (tertiary/aromatic N) is 2. The first kappa shape index (κ1) is 24.6. The van der Waals surface area contributed by atoms with Crippen LogP contribution in [0.2, 0.25) is 0 Å². The summed E-state index contributed by atoms with van der Waals surface area (Å²) in [6.07, 6.45) is 1.73. The van der Waals surface area contributed by atoms with Gasteiger partial charge in [-0.2, -0.15) is 0 Å². The Hall–Kier alpha value is -3.50. The fourth-order valence-corrected chi connectivity index (χ4v) is 5.65. The second-order valence-electron chi connectivity index (χ2n) is 7.55. The van der Waals surface area contributed by atoms with E-state index in [9.17, 15) is 14.4 Å². The molecular formula is C25H24N2O6S2. The van der Waals surface area contributed by atoms with Crippen LogP contribution in [0.25, 0.3) is 6.08 Å². The van der Waals surface area contributed by atoms with E-state index in [1.54, 1.807) is 42.7 Å². The Kier molecular flexibility index (Phi) is 7.32. The van der Waals surface area contributed by atoms with Crippen molar-refractivity contribution in [3.8, 4) is 11.5 Å². The fraction of sp³-hybridized carbons (Fsp3) is 0.280. The summed E-state index contributed by atoms with van der Waals surface area (Å²) in [5, 5.41) is 1.91. The number of fused-ring (bicyclic) bond motifs is 1. The zero-order valence-electron chi connectivity index (χ0n) is 19.7. The molecule has 0 fully saturated rings. The van der Waals surface area contributed by atoms with Gasteiger partial charge in [-0.15, -0.1) is 11.3 Å². The Labute approximate surface area is 209 Å². The average Bonchev–Trinajstić information content (AvgIpc) is 3.43. The number of allylic oxidation sites excluding steroid dienone is 1. The molecule has 10 heteroatoms. The van der Waals surface area contributed by atoms with E-state index in [2.05, 4.69) is 4.99 Å². The molecule has 182 valence electrons. The van der Waals surface area contributed by atoms with Crippen LogP contribution in [-0.2, 0) is 14.3 Å². The lowest BCUT2D eigenvalue weighted by molar-refractivity contribution is -0.139. The Morgan fingerprint density at radius 1 is 1.17 bits per heavy atom. The lowest BCUT2D eigenvalue weighted by Gasteiger charge is -2.23. The van der Waals surface area contributed by atoms with Crippen molar-refractivity contribution in [2.24, 2.45) is 4.99 Å². The van der Waals surface area contributed by atoms with Crippen LogP contribution in [0.15, 0.2) is 56.8 Å². The van der Waals surface area contributed by atoms with Gasteiger partial charge in [0.2, 0.25) is 0 Å². The third-order valence-corrected chi connectivity index (χ3v) is 7.06. The Balaban J connectivity index is 1.86. The van der Waals surface area contributed by atoms with Gasteiger partial charge < -0.3 is 14.2 Å². The highest BCUT2D eigenvalue weighted by molar-refractivity contribution is 7.10. The van der Waals surface area contributed by atoms with Crippen molar-refractivity contribution in [2.45, 2.75) is 33.7 Å². The number of esters is 2. The molecule has 0 spiro atoms. The molecule has 1 aromatic carbocycles. The minimum absolute atomic E-state index is 0.225. The van der Waals surface area contributed by atoms with Crippen molar-refractivity contribution >= 4 is 40.7 Å². The molecule has 0 N–H and O–H groups in total. The number of rotatable bonds is 7. The second-order valence-corrected chi connectivity index (χ2v) is 9.54. The number of ether oxygens (including phenoxy) is 3. The largest absolute Gasteiger partial charge is 0.490 e. The molecule has 2 aromatic heterocycles. The lowest BCUT2D eigenvalue weighted by atomic mass is 10.0. The topological polar surface area (TPSA) is 96.2 Å². The first-order chi connectivity index (χ1) is 16.8. The van der Waals surface area contributed by atoms with Gasteiger partial charge in [0, 0.05) is 11.8 Å². The maximum atomic E-state index is 13.6. The van der Waals surface area contributed by atoms with E-state index in [1.807, 2.05) is 24.4 Å². The van der Waals surface area contributed by atoms with Crippen LogP contribution in [0.1, 0.15) is 44.2 Å². The number of thiazole rings is 1. The first-order valence-corrected chi connectivity index (χ1v) is 12.7. The Morgan fingerprint density at radius 3 is 2.63 bits per heavy atom. The van der Waals surface area contributed by atoms with Gasteiger partial charge in [-0.05, 0) is 56.0 Å². The third-order valence-electron chi connectivity index (χ3n) is 5.15. The van der Waals surface area contributed by atoms with E-state index in [-0.39, 0.29) is 12.2 Å². The number of carbonyl (C=O) groups excluding carboxylic acids is 2. The predicted octanol–water partition coefficient (Wildman–Crippen LogP) is 3.18. The maximum Gasteiger partial charge on any atom is 0.338 e. The van der Waals surface area contributed by atoms with Crippen LogP contribution in [-0.4, -0.2) is 29.7 Å². The molecule has 0 unspecified atom stereocenters. The Morgan fingerprint density at radius 2 is 1.97 bits per heavy atom.